The van der Waals surface area contributed by atoms with E-state index in [1.807, 2.05) is 11.9 Å². The second-order valence-electron chi connectivity index (χ2n) is 3.63. The number of carbonyl (C=O) groups excluding carboxylic acids is 1. The minimum Gasteiger partial charge on any atom is -0.338 e. The van der Waals surface area contributed by atoms with E-state index < -0.39 is 0 Å². The first kappa shape index (κ1) is 7.10. The second-order valence-corrected chi connectivity index (χ2v) is 3.63. The zero-order valence-electron chi connectivity index (χ0n) is 6.89. The van der Waals surface area contributed by atoms with Crippen molar-refractivity contribution >= 4 is 5.91 Å². The van der Waals surface area contributed by atoms with Crippen molar-refractivity contribution in [2.24, 2.45) is 0 Å². The molecule has 3 nitrogen and oxygen atoms in total. The van der Waals surface area contributed by atoms with Gasteiger partial charge in [-0.3, -0.25) is 4.79 Å². The van der Waals surface area contributed by atoms with Crippen LogP contribution in [0.5, 0.6) is 0 Å². The SMILES string of the molecule is CN1C(=O)CC12CCCNC2. The number of nitrogens with one attached hydrogen (secondary N) is 1. The monoisotopic (exact) mass is 154 g/mol. The van der Waals surface area contributed by atoms with Crippen LogP contribution in [0.25, 0.3) is 0 Å². The average molecular weight is 154 g/mol. The summed E-state index contributed by atoms with van der Waals surface area (Å²) in [6.07, 6.45) is 3.15. The highest BCUT2D eigenvalue weighted by atomic mass is 16.2. The lowest BCUT2D eigenvalue weighted by Crippen LogP contribution is -2.67. The fourth-order valence-electron chi connectivity index (χ4n) is 2.08. The molecule has 1 unspecified atom stereocenters. The molecule has 1 atom stereocenters. The number of likely N-dealkylation sites (N-methyl/N-ethyl adjacent to an activating group) is 1. The van der Waals surface area contributed by atoms with Gasteiger partial charge in [0.1, 0.15) is 0 Å². The van der Waals surface area contributed by atoms with E-state index in [1.54, 1.807) is 0 Å². The summed E-state index contributed by atoms with van der Waals surface area (Å²) < 4.78 is 0. The summed E-state index contributed by atoms with van der Waals surface area (Å²) in [6.45, 7) is 2.11. The van der Waals surface area contributed by atoms with Gasteiger partial charge in [0.2, 0.25) is 5.91 Å². The van der Waals surface area contributed by atoms with Crippen LogP contribution in [-0.4, -0.2) is 36.5 Å². The van der Waals surface area contributed by atoms with Crippen molar-refractivity contribution in [2.75, 3.05) is 20.1 Å². The number of rotatable bonds is 0. The third-order valence-electron chi connectivity index (χ3n) is 3.02. The summed E-state index contributed by atoms with van der Waals surface area (Å²) in [5, 5.41) is 3.33. The van der Waals surface area contributed by atoms with Gasteiger partial charge >= 0.3 is 0 Å². The Hall–Kier alpha value is -0.570. The average Bonchev–Trinajstić information content (AvgIpc) is 2.06. The predicted octanol–water partition coefficient (Wildman–Crippen LogP) is -0.0293. The van der Waals surface area contributed by atoms with Gasteiger partial charge in [-0.1, -0.05) is 0 Å². The van der Waals surface area contributed by atoms with Gasteiger partial charge in [0, 0.05) is 13.6 Å². The minimum atomic E-state index is 0.204. The van der Waals surface area contributed by atoms with Gasteiger partial charge in [0.15, 0.2) is 0 Å². The maximum Gasteiger partial charge on any atom is 0.225 e. The highest BCUT2D eigenvalue weighted by molar-refractivity contribution is 5.84. The van der Waals surface area contributed by atoms with E-state index in [9.17, 15) is 4.79 Å². The van der Waals surface area contributed by atoms with Crippen LogP contribution < -0.4 is 5.32 Å². The van der Waals surface area contributed by atoms with Crippen molar-refractivity contribution in [3.05, 3.63) is 0 Å². The zero-order valence-corrected chi connectivity index (χ0v) is 6.89. The highest BCUT2D eigenvalue weighted by Crippen LogP contribution is 2.35. The standard InChI is InChI=1S/C8H14N2O/c1-10-7(11)5-8(10)3-2-4-9-6-8/h9H,2-6H2,1H3. The molecular weight excluding hydrogens is 140 g/mol. The number of carbonyl (C=O) groups is 1. The Morgan fingerprint density at radius 3 is 2.91 bits per heavy atom. The number of hydrogen-bond donors (Lipinski definition) is 1. The maximum atomic E-state index is 11.0. The first-order valence-electron chi connectivity index (χ1n) is 4.22. The first-order valence-corrected chi connectivity index (χ1v) is 4.22. The molecule has 0 bridgehead atoms. The number of nitrogens with zero attached hydrogens (tertiary/aromatic N) is 1. The van der Waals surface area contributed by atoms with Crippen LogP contribution in [0.15, 0.2) is 0 Å². The van der Waals surface area contributed by atoms with Crippen molar-refractivity contribution < 1.29 is 4.79 Å². The van der Waals surface area contributed by atoms with Crippen LogP contribution in [0.4, 0.5) is 0 Å². The lowest BCUT2D eigenvalue weighted by atomic mass is 9.78. The Morgan fingerprint density at radius 2 is 2.45 bits per heavy atom. The molecule has 3 heteroatoms. The fraction of sp³-hybridized carbons (Fsp3) is 0.875. The van der Waals surface area contributed by atoms with Gasteiger partial charge in [-0.15, -0.1) is 0 Å². The number of hydrogen-bond acceptors (Lipinski definition) is 2. The quantitative estimate of drug-likeness (QED) is 0.497. The molecule has 62 valence electrons. The molecule has 0 aliphatic carbocycles. The van der Waals surface area contributed by atoms with Gasteiger partial charge in [-0.25, -0.2) is 0 Å². The molecule has 0 radical (unpaired) electrons. The number of piperidine rings is 1. The third-order valence-corrected chi connectivity index (χ3v) is 3.02. The van der Waals surface area contributed by atoms with Gasteiger partial charge in [0.25, 0.3) is 0 Å². The molecule has 2 rings (SSSR count). The van der Waals surface area contributed by atoms with Gasteiger partial charge in [-0.05, 0) is 19.4 Å². The summed E-state index contributed by atoms with van der Waals surface area (Å²) in [5.74, 6) is 0.300. The van der Waals surface area contributed by atoms with Crippen molar-refractivity contribution in [1.82, 2.24) is 10.2 Å². The molecule has 1 spiro atoms. The minimum absolute atomic E-state index is 0.204. The lowest BCUT2D eigenvalue weighted by Gasteiger charge is -2.52. The normalized spacial score (nSPS) is 37.5. The van der Waals surface area contributed by atoms with E-state index in [-0.39, 0.29) is 5.54 Å². The lowest BCUT2D eigenvalue weighted by molar-refractivity contribution is -0.155. The summed E-state index contributed by atoms with van der Waals surface area (Å²) >= 11 is 0. The molecule has 0 aromatic rings. The summed E-state index contributed by atoms with van der Waals surface area (Å²) in [7, 11) is 1.92. The molecule has 2 saturated heterocycles. The molecule has 2 heterocycles. The smallest absolute Gasteiger partial charge is 0.225 e. The second kappa shape index (κ2) is 2.21. The summed E-state index contributed by atoms with van der Waals surface area (Å²) in [5.41, 5.74) is 0.204. The van der Waals surface area contributed by atoms with Crippen LogP contribution in [0, 0.1) is 0 Å². The van der Waals surface area contributed by atoms with Crippen LogP contribution in [-0.2, 0) is 4.79 Å². The maximum absolute atomic E-state index is 11.0. The molecule has 0 aromatic carbocycles. The molecule has 2 fully saturated rings. The first-order chi connectivity index (χ1) is 5.25. The Morgan fingerprint density at radius 1 is 1.64 bits per heavy atom. The van der Waals surface area contributed by atoms with Crippen molar-refractivity contribution in [3.63, 3.8) is 0 Å². The van der Waals surface area contributed by atoms with Crippen molar-refractivity contribution in [3.8, 4) is 0 Å². The predicted molar refractivity (Wildman–Crippen MR) is 42.2 cm³/mol. The van der Waals surface area contributed by atoms with E-state index in [0.717, 1.165) is 19.5 Å². The van der Waals surface area contributed by atoms with Crippen molar-refractivity contribution in [2.45, 2.75) is 24.8 Å². The molecule has 0 aromatic heterocycles. The summed E-state index contributed by atoms with van der Waals surface area (Å²) in [6, 6.07) is 0. The Kier molecular flexibility index (Phi) is 1.42. The van der Waals surface area contributed by atoms with Gasteiger partial charge in [-0.2, -0.15) is 0 Å². The summed E-state index contributed by atoms with van der Waals surface area (Å²) in [4.78, 5) is 12.9. The molecule has 2 aliphatic heterocycles. The van der Waals surface area contributed by atoms with Gasteiger partial charge < -0.3 is 10.2 Å². The highest BCUT2D eigenvalue weighted by Gasteiger charge is 2.48. The Balaban J connectivity index is 2.05. The molecule has 1 amide bonds. The van der Waals surface area contributed by atoms with E-state index >= 15 is 0 Å². The van der Waals surface area contributed by atoms with Crippen LogP contribution in [0.3, 0.4) is 0 Å². The van der Waals surface area contributed by atoms with E-state index in [2.05, 4.69) is 5.32 Å². The molecule has 1 N–H and O–H groups in total. The topological polar surface area (TPSA) is 32.3 Å². The Labute approximate surface area is 66.8 Å². The molecule has 11 heavy (non-hydrogen) atoms. The number of amides is 1. The molecule has 0 saturated carbocycles. The van der Waals surface area contributed by atoms with E-state index in [1.165, 1.54) is 12.8 Å². The van der Waals surface area contributed by atoms with Gasteiger partial charge in [0.05, 0.1) is 12.0 Å². The molecule has 2 aliphatic rings. The van der Waals surface area contributed by atoms with E-state index in [4.69, 9.17) is 0 Å². The molecular formula is C8H14N2O. The Bertz CT molecular complexity index is 185. The van der Waals surface area contributed by atoms with Crippen LogP contribution in [0.1, 0.15) is 19.3 Å². The zero-order chi connectivity index (χ0) is 7.90. The van der Waals surface area contributed by atoms with E-state index in [0.29, 0.717) is 5.91 Å². The van der Waals surface area contributed by atoms with Crippen LogP contribution >= 0.6 is 0 Å². The van der Waals surface area contributed by atoms with Crippen molar-refractivity contribution in [1.29, 1.82) is 0 Å². The largest absolute Gasteiger partial charge is 0.338 e. The fourth-order valence-corrected chi connectivity index (χ4v) is 2.08. The van der Waals surface area contributed by atoms with Crippen LogP contribution in [0.2, 0.25) is 0 Å². The third kappa shape index (κ3) is 0.872. The number of likely N-dealkylation sites (tertiary alicyclic amines) is 1. The number of β-lactam (4-membered cyclic amide) rings is 1.